The molecule has 0 aromatic heterocycles. The number of ether oxygens (including phenoxy) is 2. The normalized spacial score (nSPS) is 12.0. The second-order valence-electron chi connectivity index (χ2n) is 5.10. The van der Waals surface area contributed by atoms with Crippen LogP contribution in [0.4, 0.5) is 0 Å². The molecule has 0 spiro atoms. The van der Waals surface area contributed by atoms with E-state index in [4.69, 9.17) is 15.3 Å². The number of benzene rings is 2. The average Bonchev–Trinajstić information content (AvgIpc) is 2.47. The fourth-order valence-electron chi connectivity index (χ4n) is 2.69. The number of hydrogen-bond acceptors (Lipinski definition) is 4. The van der Waals surface area contributed by atoms with Gasteiger partial charge in [0.2, 0.25) is 0 Å². The van der Waals surface area contributed by atoms with Crippen molar-refractivity contribution in [3.05, 3.63) is 58.7 Å². The maximum Gasteiger partial charge on any atom is 0.127 e. The van der Waals surface area contributed by atoms with Crippen LogP contribution in [0.5, 0.6) is 11.5 Å². The third-order valence-electron chi connectivity index (χ3n) is 3.50. The predicted molar refractivity (Wildman–Crippen MR) is 84.6 cm³/mol. The maximum atomic E-state index is 5.82. The van der Waals surface area contributed by atoms with Crippen molar-refractivity contribution in [1.29, 1.82) is 0 Å². The van der Waals surface area contributed by atoms with Gasteiger partial charge in [0.25, 0.3) is 0 Å². The second-order valence-corrected chi connectivity index (χ2v) is 5.10. The first-order valence-electron chi connectivity index (χ1n) is 6.86. The first-order valence-corrected chi connectivity index (χ1v) is 6.86. The molecule has 0 radical (unpaired) electrons. The van der Waals surface area contributed by atoms with Crippen LogP contribution in [0.3, 0.4) is 0 Å². The lowest BCUT2D eigenvalue weighted by molar-refractivity contribution is 0.377. The number of rotatable bonds is 5. The Morgan fingerprint density at radius 1 is 0.952 bits per heavy atom. The Morgan fingerprint density at radius 2 is 1.48 bits per heavy atom. The zero-order valence-electron chi connectivity index (χ0n) is 12.9. The molecular formula is C17H22N2O2. The van der Waals surface area contributed by atoms with Gasteiger partial charge in [-0.25, -0.2) is 5.43 Å². The number of nitrogens with two attached hydrogens (primary N) is 1. The first-order chi connectivity index (χ1) is 10.1. The van der Waals surface area contributed by atoms with Gasteiger partial charge < -0.3 is 9.47 Å². The highest BCUT2D eigenvalue weighted by atomic mass is 16.5. The zero-order valence-corrected chi connectivity index (χ0v) is 12.9. The van der Waals surface area contributed by atoms with Gasteiger partial charge in [0, 0.05) is 0 Å². The predicted octanol–water partition coefficient (Wildman–Crippen LogP) is 2.87. The summed E-state index contributed by atoms with van der Waals surface area (Å²) in [4.78, 5) is 0. The molecule has 2 aromatic rings. The van der Waals surface area contributed by atoms with Gasteiger partial charge in [-0.15, -0.1) is 0 Å². The maximum absolute atomic E-state index is 5.82. The van der Waals surface area contributed by atoms with Crippen molar-refractivity contribution < 1.29 is 9.47 Å². The van der Waals surface area contributed by atoms with E-state index in [1.54, 1.807) is 14.2 Å². The summed E-state index contributed by atoms with van der Waals surface area (Å²) in [5.41, 5.74) is 7.25. The quantitative estimate of drug-likeness (QED) is 0.655. The van der Waals surface area contributed by atoms with Crippen LogP contribution in [-0.2, 0) is 0 Å². The summed E-state index contributed by atoms with van der Waals surface area (Å²) in [6, 6.07) is 11.9. The van der Waals surface area contributed by atoms with E-state index in [1.165, 1.54) is 11.1 Å². The minimum atomic E-state index is -0.199. The molecule has 4 heteroatoms. The molecule has 2 rings (SSSR count). The van der Waals surface area contributed by atoms with Crippen LogP contribution < -0.4 is 20.7 Å². The van der Waals surface area contributed by atoms with Crippen LogP contribution in [-0.4, -0.2) is 14.2 Å². The molecule has 2 aromatic carbocycles. The van der Waals surface area contributed by atoms with Crippen LogP contribution >= 0.6 is 0 Å². The lowest BCUT2D eigenvalue weighted by atomic mass is 9.94. The largest absolute Gasteiger partial charge is 0.496 e. The first kappa shape index (κ1) is 15.4. The number of nitrogens with one attached hydrogen (secondary N) is 1. The van der Waals surface area contributed by atoms with Crippen LogP contribution in [0, 0.1) is 13.8 Å². The Labute approximate surface area is 125 Å². The van der Waals surface area contributed by atoms with E-state index in [2.05, 4.69) is 37.5 Å². The standard InChI is InChI=1S/C17H22N2O2/c1-11-8-12(2)10-13(9-11)17(19-18)16-14(20-3)6-5-7-15(16)21-4/h5-10,17,19H,18H2,1-4H3. The highest BCUT2D eigenvalue weighted by molar-refractivity contribution is 5.51. The van der Waals surface area contributed by atoms with Gasteiger partial charge >= 0.3 is 0 Å². The minimum Gasteiger partial charge on any atom is -0.496 e. The Morgan fingerprint density at radius 3 is 1.90 bits per heavy atom. The topological polar surface area (TPSA) is 56.5 Å². The molecule has 0 heterocycles. The fourth-order valence-corrected chi connectivity index (χ4v) is 2.69. The van der Waals surface area contributed by atoms with Gasteiger partial charge in [0.05, 0.1) is 25.8 Å². The van der Waals surface area contributed by atoms with Crippen molar-refractivity contribution >= 4 is 0 Å². The minimum absolute atomic E-state index is 0.199. The van der Waals surface area contributed by atoms with Gasteiger partial charge in [0.1, 0.15) is 11.5 Å². The summed E-state index contributed by atoms with van der Waals surface area (Å²) >= 11 is 0. The number of hydrazine groups is 1. The van der Waals surface area contributed by atoms with Crippen LogP contribution in [0.1, 0.15) is 28.3 Å². The summed E-state index contributed by atoms with van der Waals surface area (Å²) in [6.45, 7) is 4.15. The van der Waals surface area contributed by atoms with Crippen molar-refractivity contribution in [2.45, 2.75) is 19.9 Å². The molecule has 0 aliphatic carbocycles. The van der Waals surface area contributed by atoms with Crippen molar-refractivity contribution in [2.24, 2.45) is 5.84 Å². The van der Waals surface area contributed by atoms with Crippen molar-refractivity contribution in [2.75, 3.05) is 14.2 Å². The van der Waals surface area contributed by atoms with E-state index >= 15 is 0 Å². The monoisotopic (exact) mass is 286 g/mol. The third-order valence-corrected chi connectivity index (χ3v) is 3.50. The molecule has 0 aliphatic rings. The van der Waals surface area contributed by atoms with E-state index in [1.807, 2.05) is 18.2 Å². The lowest BCUT2D eigenvalue weighted by Crippen LogP contribution is -2.29. The molecule has 0 amide bonds. The Bertz CT molecular complexity index is 584. The molecule has 112 valence electrons. The number of aryl methyl sites for hydroxylation is 2. The van der Waals surface area contributed by atoms with Gasteiger partial charge in [-0.05, 0) is 31.5 Å². The molecule has 0 bridgehead atoms. The molecule has 0 fully saturated rings. The highest BCUT2D eigenvalue weighted by Crippen LogP contribution is 2.37. The van der Waals surface area contributed by atoms with Gasteiger partial charge in [-0.2, -0.15) is 0 Å². The number of methoxy groups -OCH3 is 2. The highest BCUT2D eigenvalue weighted by Gasteiger charge is 2.22. The lowest BCUT2D eigenvalue weighted by Gasteiger charge is -2.22. The molecule has 0 saturated carbocycles. The van der Waals surface area contributed by atoms with E-state index in [9.17, 15) is 0 Å². The molecule has 0 saturated heterocycles. The van der Waals surface area contributed by atoms with Crippen LogP contribution in [0.25, 0.3) is 0 Å². The summed E-state index contributed by atoms with van der Waals surface area (Å²) < 4.78 is 11.0. The molecule has 0 aliphatic heterocycles. The van der Waals surface area contributed by atoms with Crippen molar-refractivity contribution in [3.63, 3.8) is 0 Å². The van der Waals surface area contributed by atoms with Crippen LogP contribution in [0.2, 0.25) is 0 Å². The van der Waals surface area contributed by atoms with E-state index in [0.29, 0.717) is 0 Å². The van der Waals surface area contributed by atoms with Gasteiger partial charge in [-0.3, -0.25) is 5.84 Å². The van der Waals surface area contributed by atoms with E-state index in [-0.39, 0.29) is 6.04 Å². The van der Waals surface area contributed by atoms with E-state index < -0.39 is 0 Å². The molecule has 1 atom stereocenters. The SMILES string of the molecule is COc1cccc(OC)c1C(NN)c1cc(C)cc(C)c1. The molecule has 3 N–H and O–H groups in total. The second kappa shape index (κ2) is 6.61. The molecule has 1 unspecified atom stereocenters. The zero-order chi connectivity index (χ0) is 15.4. The smallest absolute Gasteiger partial charge is 0.127 e. The summed E-state index contributed by atoms with van der Waals surface area (Å²) in [5.74, 6) is 7.32. The summed E-state index contributed by atoms with van der Waals surface area (Å²) in [5, 5.41) is 0. The summed E-state index contributed by atoms with van der Waals surface area (Å²) in [6.07, 6.45) is 0. The average molecular weight is 286 g/mol. The fraction of sp³-hybridized carbons (Fsp3) is 0.294. The molecule has 4 nitrogen and oxygen atoms in total. The van der Waals surface area contributed by atoms with Gasteiger partial charge in [-0.1, -0.05) is 35.4 Å². The Balaban J connectivity index is 2.60. The van der Waals surface area contributed by atoms with Crippen molar-refractivity contribution in [3.8, 4) is 11.5 Å². The van der Waals surface area contributed by atoms with Crippen LogP contribution in [0.15, 0.2) is 36.4 Å². The molecule has 21 heavy (non-hydrogen) atoms. The number of hydrogen-bond donors (Lipinski definition) is 2. The van der Waals surface area contributed by atoms with Gasteiger partial charge in [0.15, 0.2) is 0 Å². The Hall–Kier alpha value is -2.04. The third kappa shape index (κ3) is 3.17. The van der Waals surface area contributed by atoms with E-state index in [0.717, 1.165) is 22.6 Å². The Kier molecular flexibility index (Phi) is 4.83. The summed E-state index contributed by atoms with van der Waals surface area (Å²) in [7, 11) is 3.29. The van der Waals surface area contributed by atoms with Crippen molar-refractivity contribution in [1.82, 2.24) is 5.43 Å². The molecular weight excluding hydrogens is 264 g/mol.